The van der Waals surface area contributed by atoms with Gasteiger partial charge in [0.25, 0.3) is 5.91 Å². The number of nitrogens with zero attached hydrogens (tertiary/aromatic N) is 2. The van der Waals surface area contributed by atoms with Gasteiger partial charge in [-0.2, -0.15) is 0 Å². The lowest BCUT2D eigenvalue weighted by Crippen LogP contribution is -2.48. The zero-order chi connectivity index (χ0) is 18.9. The number of aromatic nitrogens is 1. The third-order valence-corrected chi connectivity index (χ3v) is 4.58. The average Bonchev–Trinajstić information content (AvgIpc) is 2.73. The van der Waals surface area contributed by atoms with Crippen molar-refractivity contribution in [3.63, 3.8) is 0 Å². The molecule has 160 valence electrons. The molecule has 1 fully saturated rings. The largest absolute Gasteiger partial charge is 0.484 e. The van der Waals surface area contributed by atoms with E-state index in [1.807, 2.05) is 29.2 Å². The van der Waals surface area contributed by atoms with E-state index in [0.717, 1.165) is 38.9 Å². The molecule has 1 aromatic heterocycles. The van der Waals surface area contributed by atoms with Crippen LogP contribution in [0.1, 0.15) is 26.2 Å². The van der Waals surface area contributed by atoms with Crippen LogP contribution in [0.15, 0.2) is 48.7 Å². The third kappa shape index (κ3) is 7.72. The molecule has 0 radical (unpaired) electrons. The number of piperidine rings is 1. The van der Waals surface area contributed by atoms with E-state index in [4.69, 9.17) is 9.47 Å². The second-order valence-electron chi connectivity index (χ2n) is 6.60. The number of nitrogens with one attached hydrogen (secondary N) is 1. The number of rotatable bonds is 8. The molecular formula is C21H29Cl2N3O3. The number of carbonyl (C=O) groups is 1. The molecule has 3 rings (SSSR count). The van der Waals surface area contributed by atoms with Crippen LogP contribution in [-0.4, -0.2) is 48.1 Å². The first kappa shape index (κ1) is 25.0. The van der Waals surface area contributed by atoms with Crippen LogP contribution in [0, 0.1) is 0 Å². The maximum atomic E-state index is 12.7. The van der Waals surface area contributed by atoms with Crippen LogP contribution in [-0.2, 0) is 4.79 Å². The van der Waals surface area contributed by atoms with Crippen LogP contribution in [0.25, 0.3) is 0 Å². The quantitative estimate of drug-likeness (QED) is 0.668. The fraction of sp³-hybridized carbons (Fsp3) is 0.429. The maximum absolute atomic E-state index is 12.7. The Hall–Kier alpha value is -2.02. The first-order chi connectivity index (χ1) is 13.3. The highest BCUT2D eigenvalue weighted by atomic mass is 35.5. The summed E-state index contributed by atoms with van der Waals surface area (Å²) in [6, 6.07) is 13.1. The fourth-order valence-electron chi connectivity index (χ4n) is 3.23. The zero-order valence-electron chi connectivity index (χ0n) is 16.6. The summed E-state index contributed by atoms with van der Waals surface area (Å²) >= 11 is 0. The Labute approximate surface area is 184 Å². The van der Waals surface area contributed by atoms with Gasteiger partial charge in [0.05, 0.1) is 0 Å². The first-order valence-electron chi connectivity index (χ1n) is 9.58. The summed E-state index contributed by atoms with van der Waals surface area (Å²) in [4.78, 5) is 18.8. The Morgan fingerprint density at radius 3 is 2.41 bits per heavy atom. The molecule has 2 heterocycles. The number of benzene rings is 1. The van der Waals surface area contributed by atoms with Crippen molar-refractivity contribution in [1.29, 1.82) is 0 Å². The van der Waals surface area contributed by atoms with Gasteiger partial charge in [0.2, 0.25) is 5.88 Å². The summed E-state index contributed by atoms with van der Waals surface area (Å²) in [5.41, 5.74) is 0. The second kappa shape index (κ2) is 13.2. The van der Waals surface area contributed by atoms with Crippen molar-refractivity contribution in [3.8, 4) is 17.4 Å². The SMILES string of the molecule is CCCN(C(=O)COc1ccc(Oc2ccccn2)cc1)C1CCNCC1.Cl.Cl. The van der Waals surface area contributed by atoms with Gasteiger partial charge in [-0.05, 0) is 62.7 Å². The standard InChI is InChI=1S/C21H27N3O3.2ClH/c1-2-15-24(17-10-13-22-14-11-17)21(25)16-26-18-6-8-19(9-7-18)27-20-5-3-4-12-23-20;;/h3-9,12,17,22H,2,10-11,13-16H2,1H3;2*1H. The zero-order valence-corrected chi connectivity index (χ0v) is 18.2. The minimum absolute atomic E-state index is 0. The molecule has 1 amide bonds. The van der Waals surface area contributed by atoms with Crippen molar-refractivity contribution in [2.75, 3.05) is 26.2 Å². The minimum Gasteiger partial charge on any atom is -0.484 e. The molecular weight excluding hydrogens is 413 g/mol. The molecule has 8 heteroatoms. The van der Waals surface area contributed by atoms with Crippen molar-refractivity contribution in [2.24, 2.45) is 0 Å². The van der Waals surface area contributed by atoms with Gasteiger partial charge in [0, 0.05) is 24.8 Å². The molecule has 1 saturated heterocycles. The topological polar surface area (TPSA) is 63.7 Å². The van der Waals surface area contributed by atoms with Crippen molar-refractivity contribution in [1.82, 2.24) is 15.2 Å². The maximum Gasteiger partial charge on any atom is 0.260 e. The number of hydrogen-bond acceptors (Lipinski definition) is 5. The lowest BCUT2D eigenvalue weighted by Gasteiger charge is -2.34. The number of pyridine rings is 1. The Balaban J connectivity index is 0.00000210. The Morgan fingerprint density at radius 2 is 1.79 bits per heavy atom. The number of carbonyl (C=O) groups excluding carboxylic acids is 1. The fourth-order valence-corrected chi connectivity index (χ4v) is 3.23. The van der Waals surface area contributed by atoms with Crippen LogP contribution in [0.2, 0.25) is 0 Å². The Morgan fingerprint density at radius 1 is 1.10 bits per heavy atom. The first-order valence-corrected chi connectivity index (χ1v) is 9.58. The molecule has 0 atom stereocenters. The van der Waals surface area contributed by atoms with Gasteiger partial charge in [-0.3, -0.25) is 4.79 Å². The summed E-state index contributed by atoms with van der Waals surface area (Å²) in [6.45, 7) is 4.88. The van der Waals surface area contributed by atoms with Crippen LogP contribution in [0.5, 0.6) is 17.4 Å². The number of hydrogen-bond donors (Lipinski definition) is 1. The monoisotopic (exact) mass is 441 g/mol. The smallest absolute Gasteiger partial charge is 0.260 e. The van der Waals surface area contributed by atoms with Crippen molar-refractivity contribution in [2.45, 2.75) is 32.2 Å². The number of halogens is 2. The minimum atomic E-state index is 0. The number of amides is 1. The van der Waals surface area contributed by atoms with Crippen molar-refractivity contribution >= 4 is 30.7 Å². The summed E-state index contributed by atoms with van der Waals surface area (Å²) < 4.78 is 11.4. The molecule has 1 aliphatic rings. The summed E-state index contributed by atoms with van der Waals surface area (Å²) in [6.07, 6.45) is 4.65. The molecule has 1 N–H and O–H groups in total. The molecule has 0 saturated carbocycles. The Bertz CT molecular complexity index is 711. The van der Waals surface area contributed by atoms with Gasteiger partial charge in [-0.1, -0.05) is 13.0 Å². The van der Waals surface area contributed by atoms with Crippen LogP contribution < -0.4 is 14.8 Å². The molecule has 1 aliphatic heterocycles. The van der Waals surface area contributed by atoms with E-state index in [1.165, 1.54) is 0 Å². The molecule has 0 unspecified atom stereocenters. The predicted octanol–water partition coefficient (Wildman–Crippen LogP) is 4.09. The highest BCUT2D eigenvalue weighted by molar-refractivity contribution is 5.85. The molecule has 2 aromatic rings. The summed E-state index contributed by atoms with van der Waals surface area (Å²) in [5, 5.41) is 3.35. The van der Waals surface area contributed by atoms with E-state index in [0.29, 0.717) is 23.4 Å². The van der Waals surface area contributed by atoms with E-state index >= 15 is 0 Å². The normalized spacial score (nSPS) is 13.6. The highest BCUT2D eigenvalue weighted by Gasteiger charge is 2.24. The predicted molar refractivity (Wildman–Crippen MR) is 119 cm³/mol. The highest BCUT2D eigenvalue weighted by Crippen LogP contribution is 2.22. The van der Waals surface area contributed by atoms with Gasteiger partial charge in [0.1, 0.15) is 11.5 Å². The van der Waals surface area contributed by atoms with Gasteiger partial charge in [-0.15, -0.1) is 24.8 Å². The van der Waals surface area contributed by atoms with E-state index in [9.17, 15) is 4.79 Å². The average molecular weight is 442 g/mol. The molecule has 0 bridgehead atoms. The van der Waals surface area contributed by atoms with E-state index in [-0.39, 0.29) is 37.3 Å². The van der Waals surface area contributed by atoms with Crippen LogP contribution >= 0.6 is 24.8 Å². The van der Waals surface area contributed by atoms with E-state index < -0.39 is 0 Å². The van der Waals surface area contributed by atoms with E-state index in [1.54, 1.807) is 24.4 Å². The van der Waals surface area contributed by atoms with Crippen LogP contribution in [0.4, 0.5) is 0 Å². The third-order valence-electron chi connectivity index (χ3n) is 4.58. The lowest BCUT2D eigenvalue weighted by atomic mass is 10.0. The second-order valence-corrected chi connectivity index (χ2v) is 6.60. The Kier molecular flexibility index (Phi) is 11.4. The van der Waals surface area contributed by atoms with Gasteiger partial charge >= 0.3 is 0 Å². The van der Waals surface area contributed by atoms with Gasteiger partial charge in [-0.25, -0.2) is 4.98 Å². The molecule has 1 aromatic carbocycles. The van der Waals surface area contributed by atoms with Crippen LogP contribution in [0.3, 0.4) is 0 Å². The molecule has 29 heavy (non-hydrogen) atoms. The van der Waals surface area contributed by atoms with E-state index in [2.05, 4.69) is 17.2 Å². The molecule has 0 aliphatic carbocycles. The summed E-state index contributed by atoms with van der Waals surface area (Å²) in [7, 11) is 0. The van der Waals surface area contributed by atoms with Gasteiger partial charge < -0.3 is 19.7 Å². The molecule has 0 spiro atoms. The molecule has 6 nitrogen and oxygen atoms in total. The van der Waals surface area contributed by atoms with Gasteiger partial charge in [0.15, 0.2) is 6.61 Å². The summed E-state index contributed by atoms with van der Waals surface area (Å²) in [5.74, 6) is 1.92. The number of ether oxygens (including phenoxy) is 2. The van der Waals surface area contributed by atoms with Crippen molar-refractivity contribution < 1.29 is 14.3 Å². The van der Waals surface area contributed by atoms with Crippen molar-refractivity contribution in [3.05, 3.63) is 48.7 Å². The lowest BCUT2D eigenvalue weighted by molar-refractivity contribution is -0.136.